The van der Waals surface area contributed by atoms with E-state index in [0.29, 0.717) is 19.5 Å². The average Bonchev–Trinajstić information content (AvgIpc) is 2.86. The van der Waals surface area contributed by atoms with Crippen LogP contribution in [-0.2, 0) is 11.2 Å². The first-order chi connectivity index (χ1) is 9.19. The molecular formula is C14H20N2O3. The normalized spacial score (nSPS) is 22.2. The Morgan fingerprint density at radius 1 is 1.47 bits per heavy atom. The van der Waals surface area contributed by atoms with Crippen LogP contribution in [0.3, 0.4) is 0 Å². The fraction of sp³-hybridized carbons (Fsp3) is 0.500. The highest BCUT2D eigenvalue weighted by Crippen LogP contribution is 2.11. The quantitative estimate of drug-likeness (QED) is 0.704. The highest BCUT2D eigenvalue weighted by Gasteiger charge is 2.27. The Morgan fingerprint density at radius 2 is 2.21 bits per heavy atom. The number of benzene rings is 1. The Morgan fingerprint density at radius 3 is 2.79 bits per heavy atom. The standard InChI is InChI=1S/C14H20N2O3/c1-19-12-4-2-10(3-5-12)6-7-15-14(18)13-8-11(17)9-16-13/h2-5,11,13,16-17H,6-9H2,1H3,(H,15,18). The van der Waals surface area contributed by atoms with Crippen LogP contribution >= 0.6 is 0 Å². The molecule has 0 aliphatic carbocycles. The van der Waals surface area contributed by atoms with E-state index in [-0.39, 0.29) is 11.9 Å². The van der Waals surface area contributed by atoms with Crippen molar-refractivity contribution in [1.29, 1.82) is 0 Å². The predicted octanol–water partition coefficient (Wildman–Crippen LogP) is 0.0767. The molecule has 104 valence electrons. The van der Waals surface area contributed by atoms with Gasteiger partial charge in [0.1, 0.15) is 5.75 Å². The van der Waals surface area contributed by atoms with E-state index in [4.69, 9.17) is 4.74 Å². The zero-order valence-electron chi connectivity index (χ0n) is 11.1. The number of aliphatic hydroxyl groups is 1. The van der Waals surface area contributed by atoms with E-state index in [0.717, 1.165) is 17.7 Å². The number of rotatable bonds is 5. The van der Waals surface area contributed by atoms with Gasteiger partial charge in [-0.05, 0) is 30.5 Å². The topological polar surface area (TPSA) is 70.6 Å². The molecule has 19 heavy (non-hydrogen) atoms. The SMILES string of the molecule is COc1ccc(CCNC(=O)C2CC(O)CN2)cc1. The molecule has 0 aromatic heterocycles. The van der Waals surface area contributed by atoms with E-state index < -0.39 is 6.10 Å². The van der Waals surface area contributed by atoms with Gasteiger partial charge < -0.3 is 20.5 Å². The third-order valence-corrected chi connectivity index (χ3v) is 3.30. The molecule has 0 spiro atoms. The molecule has 1 aromatic rings. The van der Waals surface area contributed by atoms with Gasteiger partial charge in [0, 0.05) is 13.1 Å². The van der Waals surface area contributed by atoms with Crippen molar-refractivity contribution < 1.29 is 14.6 Å². The largest absolute Gasteiger partial charge is 0.497 e. The minimum atomic E-state index is -0.405. The first-order valence-corrected chi connectivity index (χ1v) is 6.51. The van der Waals surface area contributed by atoms with E-state index in [1.54, 1.807) is 7.11 Å². The molecule has 2 unspecified atom stereocenters. The van der Waals surface area contributed by atoms with Crippen LogP contribution in [0.1, 0.15) is 12.0 Å². The van der Waals surface area contributed by atoms with Crippen LogP contribution in [-0.4, -0.2) is 43.4 Å². The van der Waals surface area contributed by atoms with Crippen molar-refractivity contribution in [2.45, 2.75) is 25.0 Å². The number of nitrogens with one attached hydrogen (secondary N) is 2. The molecule has 1 aliphatic heterocycles. The van der Waals surface area contributed by atoms with Crippen LogP contribution in [0.5, 0.6) is 5.75 Å². The number of ether oxygens (including phenoxy) is 1. The summed E-state index contributed by atoms with van der Waals surface area (Å²) in [6.45, 7) is 1.09. The molecule has 2 atom stereocenters. The lowest BCUT2D eigenvalue weighted by Gasteiger charge is -2.11. The van der Waals surface area contributed by atoms with E-state index in [1.807, 2.05) is 24.3 Å². The fourth-order valence-electron chi connectivity index (χ4n) is 2.16. The number of aliphatic hydroxyl groups excluding tert-OH is 1. The number of methoxy groups -OCH3 is 1. The van der Waals surface area contributed by atoms with Crippen LogP contribution in [0.4, 0.5) is 0 Å². The second kappa shape index (κ2) is 6.54. The van der Waals surface area contributed by atoms with Crippen LogP contribution in [0, 0.1) is 0 Å². The molecule has 3 N–H and O–H groups in total. The summed E-state index contributed by atoms with van der Waals surface area (Å²) in [6.07, 6.45) is 0.872. The summed E-state index contributed by atoms with van der Waals surface area (Å²) in [5.41, 5.74) is 1.15. The Balaban J connectivity index is 1.72. The first-order valence-electron chi connectivity index (χ1n) is 6.51. The summed E-state index contributed by atoms with van der Waals surface area (Å²) in [4.78, 5) is 11.8. The first kappa shape index (κ1) is 13.8. The molecule has 1 amide bonds. The van der Waals surface area contributed by atoms with Crippen molar-refractivity contribution in [3.63, 3.8) is 0 Å². The van der Waals surface area contributed by atoms with Gasteiger partial charge in [-0.1, -0.05) is 12.1 Å². The van der Waals surface area contributed by atoms with E-state index in [1.165, 1.54) is 0 Å². The number of carbonyl (C=O) groups is 1. The molecule has 1 aromatic carbocycles. The minimum absolute atomic E-state index is 0.0370. The van der Waals surface area contributed by atoms with Gasteiger partial charge in [0.05, 0.1) is 19.3 Å². The average molecular weight is 264 g/mol. The van der Waals surface area contributed by atoms with Crippen molar-refractivity contribution in [2.75, 3.05) is 20.2 Å². The lowest BCUT2D eigenvalue weighted by Crippen LogP contribution is -2.41. The van der Waals surface area contributed by atoms with Crippen LogP contribution in [0.15, 0.2) is 24.3 Å². The Kier molecular flexibility index (Phi) is 4.76. The van der Waals surface area contributed by atoms with E-state index >= 15 is 0 Å². The number of hydrogen-bond donors (Lipinski definition) is 3. The molecular weight excluding hydrogens is 244 g/mol. The van der Waals surface area contributed by atoms with Gasteiger partial charge in [0.15, 0.2) is 0 Å². The number of β-amino-alcohol motifs (C(OH)–C–C–N with tert-alkyl or cyclic N) is 1. The monoisotopic (exact) mass is 264 g/mol. The summed E-state index contributed by atoms with van der Waals surface area (Å²) < 4.78 is 5.09. The smallest absolute Gasteiger partial charge is 0.237 e. The second-order valence-electron chi connectivity index (χ2n) is 4.74. The lowest BCUT2D eigenvalue weighted by molar-refractivity contribution is -0.122. The minimum Gasteiger partial charge on any atom is -0.497 e. The molecule has 1 aliphatic rings. The molecule has 1 fully saturated rings. The molecule has 1 saturated heterocycles. The molecule has 2 rings (SSSR count). The van der Waals surface area contributed by atoms with Crippen molar-refractivity contribution in [3.8, 4) is 5.75 Å². The van der Waals surface area contributed by atoms with Crippen molar-refractivity contribution >= 4 is 5.91 Å². The lowest BCUT2D eigenvalue weighted by atomic mass is 10.1. The van der Waals surface area contributed by atoms with Crippen molar-refractivity contribution in [1.82, 2.24) is 10.6 Å². The van der Waals surface area contributed by atoms with Gasteiger partial charge in [-0.3, -0.25) is 4.79 Å². The molecule has 5 heteroatoms. The van der Waals surface area contributed by atoms with Gasteiger partial charge in [-0.15, -0.1) is 0 Å². The molecule has 0 saturated carbocycles. The highest BCUT2D eigenvalue weighted by atomic mass is 16.5. The maximum absolute atomic E-state index is 11.8. The Bertz CT molecular complexity index is 419. The van der Waals surface area contributed by atoms with Gasteiger partial charge >= 0.3 is 0 Å². The second-order valence-corrected chi connectivity index (χ2v) is 4.74. The van der Waals surface area contributed by atoms with Crippen LogP contribution < -0.4 is 15.4 Å². The summed E-state index contributed by atoms with van der Waals surface area (Å²) in [7, 11) is 1.64. The van der Waals surface area contributed by atoms with Gasteiger partial charge in [-0.25, -0.2) is 0 Å². The summed E-state index contributed by atoms with van der Waals surface area (Å²) in [6, 6.07) is 7.54. The van der Waals surface area contributed by atoms with Gasteiger partial charge in [0.25, 0.3) is 0 Å². The van der Waals surface area contributed by atoms with Crippen LogP contribution in [0.2, 0.25) is 0 Å². The van der Waals surface area contributed by atoms with E-state index in [9.17, 15) is 9.90 Å². The van der Waals surface area contributed by atoms with Crippen LogP contribution in [0.25, 0.3) is 0 Å². The maximum Gasteiger partial charge on any atom is 0.237 e. The molecule has 5 nitrogen and oxygen atoms in total. The molecule has 0 bridgehead atoms. The number of carbonyl (C=O) groups excluding carboxylic acids is 1. The third kappa shape index (κ3) is 3.94. The summed E-state index contributed by atoms with van der Waals surface area (Å²) in [5.74, 6) is 0.794. The molecule has 1 heterocycles. The third-order valence-electron chi connectivity index (χ3n) is 3.30. The molecule has 0 radical (unpaired) electrons. The summed E-state index contributed by atoms with van der Waals surface area (Å²) in [5, 5.41) is 15.2. The van der Waals surface area contributed by atoms with Gasteiger partial charge in [-0.2, -0.15) is 0 Å². The maximum atomic E-state index is 11.8. The number of amides is 1. The Labute approximate surface area is 113 Å². The van der Waals surface area contributed by atoms with Gasteiger partial charge in [0.2, 0.25) is 5.91 Å². The zero-order chi connectivity index (χ0) is 13.7. The van der Waals surface area contributed by atoms with Crippen molar-refractivity contribution in [2.24, 2.45) is 0 Å². The summed E-state index contributed by atoms with van der Waals surface area (Å²) >= 11 is 0. The Hall–Kier alpha value is -1.59. The predicted molar refractivity (Wildman–Crippen MR) is 72.1 cm³/mol. The zero-order valence-corrected chi connectivity index (χ0v) is 11.1. The number of hydrogen-bond acceptors (Lipinski definition) is 4. The highest BCUT2D eigenvalue weighted by molar-refractivity contribution is 5.82. The van der Waals surface area contributed by atoms with E-state index in [2.05, 4.69) is 10.6 Å². The van der Waals surface area contributed by atoms with Crippen molar-refractivity contribution in [3.05, 3.63) is 29.8 Å². The fourth-order valence-corrected chi connectivity index (χ4v) is 2.16.